The Labute approximate surface area is 142 Å². The summed E-state index contributed by atoms with van der Waals surface area (Å²) in [6.07, 6.45) is 3.43. The van der Waals surface area contributed by atoms with Gasteiger partial charge in [0, 0.05) is 22.8 Å². The molecule has 2 heterocycles. The van der Waals surface area contributed by atoms with Crippen molar-refractivity contribution in [1.29, 1.82) is 0 Å². The molecule has 0 spiro atoms. The fourth-order valence-electron chi connectivity index (χ4n) is 4.69. The van der Waals surface area contributed by atoms with Crippen LogP contribution in [0.15, 0.2) is 63.6 Å². The minimum atomic E-state index is -0.421. The fraction of sp³-hybridized carbons (Fsp3) is 0.450. The molecule has 0 saturated carbocycles. The third kappa shape index (κ3) is 1.89. The van der Waals surface area contributed by atoms with Crippen LogP contribution < -0.4 is 5.32 Å². The van der Waals surface area contributed by atoms with Crippen LogP contribution in [0, 0.1) is 11.8 Å². The van der Waals surface area contributed by atoms with Gasteiger partial charge in [-0.05, 0) is 24.3 Å². The average Bonchev–Trinajstić information content (AvgIpc) is 3.07. The lowest BCUT2D eigenvalue weighted by Crippen LogP contribution is -2.52. The van der Waals surface area contributed by atoms with Crippen LogP contribution in [-0.2, 0) is 10.2 Å². The number of allylic oxidation sites excluding steroid dienone is 2. The maximum Gasteiger partial charge on any atom is 0.164 e. The van der Waals surface area contributed by atoms with Gasteiger partial charge < -0.3 is 5.32 Å². The number of fused-ring (bicyclic) bond motifs is 1. The summed E-state index contributed by atoms with van der Waals surface area (Å²) in [5.74, 6) is 0.662. The van der Waals surface area contributed by atoms with E-state index < -0.39 is 5.41 Å². The van der Waals surface area contributed by atoms with Gasteiger partial charge in [0.1, 0.15) is 0 Å². The molecule has 0 saturated heterocycles. The summed E-state index contributed by atoms with van der Waals surface area (Å²) in [6.45, 7) is 6.42. The molecule has 2 aliphatic heterocycles. The Kier molecular flexibility index (Phi) is 3.44. The number of benzene rings is 1. The second-order valence-electron chi connectivity index (χ2n) is 7.18. The number of carbonyl (C=O) groups excluding carboxylic acids is 1. The van der Waals surface area contributed by atoms with Crippen molar-refractivity contribution in [3.63, 3.8) is 0 Å². The van der Waals surface area contributed by atoms with E-state index in [9.17, 15) is 4.79 Å². The molecule has 1 unspecified atom stereocenters. The second kappa shape index (κ2) is 5.40. The van der Waals surface area contributed by atoms with Crippen LogP contribution in [0.2, 0.25) is 0 Å². The molecule has 4 atom stereocenters. The van der Waals surface area contributed by atoms with Crippen LogP contribution in [0.4, 0.5) is 0 Å². The normalized spacial score (nSPS) is 34.5. The first-order valence-electron chi connectivity index (χ1n) is 8.81. The quantitative estimate of drug-likeness (QED) is 0.891. The highest BCUT2D eigenvalue weighted by Crippen LogP contribution is 2.52. The zero-order chi connectivity index (χ0) is 16.9. The van der Waals surface area contributed by atoms with Gasteiger partial charge in [0.25, 0.3) is 0 Å². The van der Waals surface area contributed by atoms with E-state index in [2.05, 4.69) is 48.4 Å². The summed E-state index contributed by atoms with van der Waals surface area (Å²) >= 11 is 0. The van der Waals surface area contributed by atoms with Crippen LogP contribution in [0.25, 0.3) is 0 Å². The van der Waals surface area contributed by atoms with E-state index in [0.717, 1.165) is 29.7 Å². The Bertz CT molecular complexity index is 777. The molecule has 0 radical (unpaired) electrons. The molecule has 0 amide bonds. The van der Waals surface area contributed by atoms with E-state index in [1.807, 2.05) is 24.4 Å². The molecule has 1 aromatic carbocycles. The van der Waals surface area contributed by atoms with Gasteiger partial charge >= 0.3 is 0 Å². The summed E-state index contributed by atoms with van der Waals surface area (Å²) in [5.41, 5.74) is 3.86. The molecule has 124 valence electrons. The number of ketones is 1. The molecule has 0 bridgehead atoms. The number of hydrogen-bond donors (Lipinski definition) is 1. The van der Waals surface area contributed by atoms with Crippen LogP contribution >= 0.6 is 0 Å². The van der Waals surface area contributed by atoms with E-state index >= 15 is 0 Å². The highest BCUT2D eigenvalue weighted by Gasteiger charge is 2.53. The van der Waals surface area contributed by atoms with Gasteiger partial charge in [0.15, 0.2) is 11.9 Å². The zero-order valence-electron chi connectivity index (χ0n) is 14.4. The summed E-state index contributed by atoms with van der Waals surface area (Å²) in [4.78, 5) is 13.3. The van der Waals surface area contributed by atoms with Crippen molar-refractivity contribution in [2.24, 2.45) is 22.1 Å². The molecule has 1 aliphatic carbocycles. The third-order valence-corrected chi connectivity index (χ3v) is 5.85. The summed E-state index contributed by atoms with van der Waals surface area (Å²) in [7, 11) is 0. The Hall–Kier alpha value is -2.23. The van der Waals surface area contributed by atoms with Crippen molar-refractivity contribution in [3.05, 3.63) is 58.9 Å². The molecule has 1 N–H and O–H groups in total. The highest BCUT2D eigenvalue weighted by molar-refractivity contribution is 6.02. The number of nitrogens with one attached hydrogen (secondary N) is 1. The molecule has 4 heteroatoms. The number of nitrogens with zero attached hydrogens (tertiary/aromatic N) is 2. The molecule has 1 aromatic rings. The minimum Gasteiger partial charge on any atom is -0.362 e. The topological polar surface area (TPSA) is 53.8 Å². The monoisotopic (exact) mass is 321 g/mol. The molecule has 0 fully saturated rings. The Balaban J connectivity index is 2.03. The smallest absolute Gasteiger partial charge is 0.164 e. The van der Waals surface area contributed by atoms with Gasteiger partial charge in [0.2, 0.25) is 0 Å². The maximum atomic E-state index is 13.3. The maximum absolute atomic E-state index is 13.3. The number of carbonyl (C=O) groups is 1. The van der Waals surface area contributed by atoms with Gasteiger partial charge in [-0.1, -0.05) is 51.1 Å². The Morgan fingerprint density at radius 2 is 1.96 bits per heavy atom. The zero-order valence-corrected chi connectivity index (χ0v) is 14.4. The van der Waals surface area contributed by atoms with Crippen molar-refractivity contribution in [3.8, 4) is 0 Å². The van der Waals surface area contributed by atoms with E-state index in [1.54, 1.807) is 0 Å². The van der Waals surface area contributed by atoms with Crippen LogP contribution in [0.5, 0.6) is 0 Å². The first-order chi connectivity index (χ1) is 11.6. The van der Waals surface area contributed by atoms with Crippen molar-refractivity contribution in [1.82, 2.24) is 5.32 Å². The highest BCUT2D eigenvalue weighted by atomic mass is 16.1. The van der Waals surface area contributed by atoms with Crippen LogP contribution in [-0.4, -0.2) is 11.9 Å². The lowest BCUT2D eigenvalue weighted by molar-refractivity contribution is -0.120. The lowest BCUT2D eigenvalue weighted by atomic mass is 9.59. The standard InChI is InChI=1S/C20H23N3O/c1-4-20(14-8-6-5-7-9-14)15-11-21-23-19(15)22-17-12(2)10-13(3)18(24)16(17)20/h5-9,11-13,19,22H,4,10H2,1-3H3/t12-,13-,19?,20-/m0/s1. The number of azo groups is 1. The van der Waals surface area contributed by atoms with Crippen molar-refractivity contribution in [2.75, 3.05) is 0 Å². The van der Waals surface area contributed by atoms with Gasteiger partial charge in [-0.25, -0.2) is 0 Å². The third-order valence-electron chi connectivity index (χ3n) is 5.85. The predicted octanol–water partition coefficient (Wildman–Crippen LogP) is 4.11. The molecule has 24 heavy (non-hydrogen) atoms. The van der Waals surface area contributed by atoms with E-state index in [0.29, 0.717) is 5.92 Å². The number of rotatable bonds is 2. The molecule has 0 aromatic heterocycles. The molecular weight excluding hydrogens is 298 g/mol. The van der Waals surface area contributed by atoms with Gasteiger partial charge in [-0.15, -0.1) is 0 Å². The van der Waals surface area contributed by atoms with Crippen molar-refractivity contribution < 1.29 is 4.79 Å². The van der Waals surface area contributed by atoms with E-state index in [-0.39, 0.29) is 17.9 Å². The van der Waals surface area contributed by atoms with E-state index in [1.165, 1.54) is 5.56 Å². The van der Waals surface area contributed by atoms with Crippen LogP contribution in [0.1, 0.15) is 39.2 Å². The number of Topliss-reactive ketones (excluding diaryl/α,β-unsaturated/α-hetero) is 1. The van der Waals surface area contributed by atoms with Gasteiger partial charge in [-0.2, -0.15) is 10.2 Å². The first kappa shape index (κ1) is 15.3. The largest absolute Gasteiger partial charge is 0.362 e. The second-order valence-corrected chi connectivity index (χ2v) is 7.18. The van der Waals surface area contributed by atoms with Crippen LogP contribution in [0.3, 0.4) is 0 Å². The van der Waals surface area contributed by atoms with Gasteiger partial charge in [0.05, 0.1) is 11.6 Å². The molecule has 4 nitrogen and oxygen atoms in total. The molecular formula is C20H23N3O. The fourth-order valence-corrected chi connectivity index (χ4v) is 4.69. The van der Waals surface area contributed by atoms with Crippen molar-refractivity contribution in [2.45, 2.75) is 45.2 Å². The average molecular weight is 321 g/mol. The van der Waals surface area contributed by atoms with Gasteiger partial charge in [-0.3, -0.25) is 4.79 Å². The lowest BCUT2D eigenvalue weighted by Gasteiger charge is -2.47. The molecule has 4 rings (SSSR count). The molecule has 3 aliphatic rings. The predicted molar refractivity (Wildman–Crippen MR) is 93.3 cm³/mol. The minimum absolute atomic E-state index is 0.0580. The summed E-state index contributed by atoms with van der Waals surface area (Å²) in [6, 6.07) is 10.4. The number of hydrogen-bond acceptors (Lipinski definition) is 4. The Morgan fingerprint density at radius 1 is 1.21 bits per heavy atom. The summed E-state index contributed by atoms with van der Waals surface area (Å²) < 4.78 is 0. The van der Waals surface area contributed by atoms with E-state index in [4.69, 9.17) is 0 Å². The van der Waals surface area contributed by atoms with Crippen molar-refractivity contribution >= 4 is 5.78 Å². The Morgan fingerprint density at radius 3 is 2.67 bits per heavy atom. The first-order valence-corrected chi connectivity index (χ1v) is 8.81. The summed E-state index contributed by atoms with van der Waals surface area (Å²) in [5, 5.41) is 12.1. The SMILES string of the molecule is CC[C@]1(c2ccccc2)C2=CN=NC2NC2=C1C(=O)[C@@H](C)C[C@@H]2C.